The van der Waals surface area contributed by atoms with Crippen LogP contribution in [-0.4, -0.2) is 9.52 Å². The van der Waals surface area contributed by atoms with E-state index in [1.807, 2.05) is 0 Å². The Bertz CT molecular complexity index is 1710. The van der Waals surface area contributed by atoms with Gasteiger partial charge < -0.3 is 0 Å². The molecule has 262 valence electrons. The van der Waals surface area contributed by atoms with Gasteiger partial charge in [-0.25, -0.2) is 0 Å². The van der Waals surface area contributed by atoms with Crippen LogP contribution in [0.2, 0.25) is 13.1 Å². The molecule has 0 aliphatic heterocycles. The molecule has 0 aliphatic carbocycles. The number of fused-ring (bicyclic) bond motifs is 2. The second kappa shape index (κ2) is 22.7. The van der Waals surface area contributed by atoms with Crippen LogP contribution in [0.4, 0.5) is 0 Å². The molecule has 2 radical (unpaired) electrons. The van der Waals surface area contributed by atoms with Crippen molar-refractivity contribution in [1.29, 1.82) is 0 Å². The zero-order valence-electron chi connectivity index (χ0n) is 31.5. The quantitative estimate of drug-likeness (QED) is 0.0956. The minimum absolute atomic E-state index is 0.677. The molecule has 0 fully saturated rings. The van der Waals surface area contributed by atoms with Gasteiger partial charge in [-0.1, -0.05) is 139 Å². The number of hydrogen-bond acceptors (Lipinski definition) is 0. The number of benzene rings is 4. The van der Waals surface area contributed by atoms with Gasteiger partial charge >= 0.3 is 37.9 Å². The molecule has 0 nitrogen and oxygen atoms in total. The first kappa shape index (κ1) is 42.2. The molecule has 0 saturated carbocycles. The summed E-state index contributed by atoms with van der Waals surface area (Å²) in [6.07, 6.45) is 7.01. The molecule has 6 aromatic carbocycles. The van der Waals surface area contributed by atoms with Crippen LogP contribution in [0.15, 0.2) is 109 Å². The number of hydrogen-bond donors (Lipinski definition) is 0. The molecule has 0 amide bonds. The van der Waals surface area contributed by atoms with Crippen LogP contribution in [-0.2, 0) is 46.5 Å². The van der Waals surface area contributed by atoms with Crippen molar-refractivity contribution >= 4 is 48.1 Å². The Balaban J connectivity index is 0.000000234. The van der Waals surface area contributed by atoms with Gasteiger partial charge in [0.2, 0.25) is 0 Å². The molecule has 0 heterocycles. The minimum atomic E-state index is -0.826. The fourth-order valence-corrected chi connectivity index (χ4v) is 6.73. The van der Waals surface area contributed by atoms with Crippen LogP contribution in [0.3, 0.4) is 0 Å². The summed E-state index contributed by atoms with van der Waals surface area (Å²) in [5.41, 5.74) is 11.4. The van der Waals surface area contributed by atoms with Gasteiger partial charge in [-0.2, -0.15) is 12.1 Å². The third kappa shape index (κ3) is 12.5. The van der Waals surface area contributed by atoms with Crippen molar-refractivity contribution in [2.75, 3.05) is 0 Å². The summed E-state index contributed by atoms with van der Waals surface area (Å²) in [7, 11) is 11.0. The summed E-state index contributed by atoms with van der Waals surface area (Å²) in [4.78, 5) is 0. The summed E-state index contributed by atoms with van der Waals surface area (Å²) in [5, 5.41) is 5.56. The summed E-state index contributed by atoms with van der Waals surface area (Å²) >= 11 is -0.826. The normalized spacial score (nSPS) is 10.6. The first-order valence-corrected chi connectivity index (χ1v) is 26.6. The van der Waals surface area contributed by atoms with Crippen LogP contribution in [0, 0.1) is 11.8 Å². The molecule has 0 atom stereocenters. The molecule has 0 aromatic heterocycles. The predicted octanol–water partition coefficient (Wildman–Crippen LogP) is 14.9. The molecule has 0 unspecified atom stereocenters. The van der Waals surface area contributed by atoms with E-state index in [1.165, 1.54) is 91.7 Å². The van der Waals surface area contributed by atoms with Crippen LogP contribution >= 0.6 is 17.0 Å². The molecule has 50 heavy (non-hydrogen) atoms. The zero-order valence-corrected chi connectivity index (χ0v) is 36.5. The van der Waals surface area contributed by atoms with Crippen molar-refractivity contribution in [3.8, 4) is 22.3 Å². The Morgan fingerprint density at radius 3 is 1.24 bits per heavy atom. The fourth-order valence-electron chi connectivity index (χ4n) is 6.73. The van der Waals surface area contributed by atoms with E-state index in [0.717, 1.165) is 22.4 Å². The Morgan fingerprint density at radius 1 is 0.560 bits per heavy atom. The van der Waals surface area contributed by atoms with Crippen molar-refractivity contribution in [3.63, 3.8) is 0 Å². The topological polar surface area (TPSA) is 0 Å². The Hall–Kier alpha value is -2.22. The molecular formula is C46H56Cl2SiZr. The Labute approximate surface area is 325 Å². The monoisotopic (exact) mass is 796 g/mol. The van der Waals surface area contributed by atoms with Gasteiger partial charge in [0.15, 0.2) is 0 Å². The number of halogens is 2. The van der Waals surface area contributed by atoms with Gasteiger partial charge in [0.05, 0.1) is 0 Å². The van der Waals surface area contributed by atoms with Crippen molar-refractivity contribution in [3.05, 3.63) is 131 Å². The van der Waals surface area contributed by atoms with Crippen molar-refractivity contribution in [2.24, 2.45) is 11.8 Å². The van der Waals surface area contributed by atoms with E-state index >= 15 is 0 Å². The van der Waals surface area contributed by atoms with E-state index in [0.29, 0.717) is 11.8 Å². The molecule has 6 rings (SSSR count). The van der Waals surface area contributed by atoms with Crippen molar-refractivity contribution in [2.45, 2.75) is 93.2 Å². The molecule has 0 bridgehead atoms. The molecule has 0 N–H and O–H groups in total. The molecule has 0 aliphatic rings. The summed E-state index contributed by atoms with van der Waals surface area (Å²) in [6.45, 7) is 18.0. The van der Waals surface area contributed by atoms with Crippen molar-refractivity contribution in [1.82, 2.24) is 0 Å². The van der Waals surface area contributed by atoms with E-state index in [1.54, 1.807) is 0 Å². The molecule has 0 saturated heterocycles. The average molecular weight is 799 g/mol. The Kier molecular flexibility index (Phi) is 19.1. The number of aryl methyl sites for hydroxylation is 2. The molecule has 4 heteroatoms. The molecule has 6 aromatic rings. The summed E-state index contributed by atoms with van der Waals surface area (Å²) < 4.78 is 0. The van der Waals surface area contributed by atoms with Gasteiger partial charge in [0.1, 0.15) is 0 Å². The first-order chi connectivity index (χ1) is 24.2. The third-order valence-corrected chi connectivity index (χ3v) is 8.57. The second-order valence-electron chi connectivity index (χ2n) is 13.9. The van der Waals surface area contributed by atoms with Crippen LogP contribution < -0.4 is 0 Å². The molecular weight excluding hydrogens is 743 g/mol. The van der Waals surface area contributed by atoms with Gasteiger partial charge in [-0.15, -0.1) is 69.1 Å². The Morgan fingerprint density at radius 2 is 0.900 bits per heavy atom. The standard InChI is InChI=1S/2C22H25.C2H6Si.2ClH.Zr/c2*1-4-8-17-14-19-10-7-12-21(22(19)15-17)20-11-6-5-9-18(20)13-16(2)3;1-3-2;;;/h2*5-7,9-12,14-16H,4,8,13H2,1-3H3;1-2H3;2*1H;/q2*-1;;;;+4/p-2. The average Bonchev–Trinajstić information content (AvgIpc) is 3.70. The summed E-state index contributed by atoms with van der Waals surface area (Å²) in [6, 6.07) is 40.7. The maximum atomic E-state index is 4.93. The van der Waals surface area contributed by atoms with Crippen molar-refractivity contribution < 1.29 is 20.8 Å². The van der Waals surface area contributed by atoms with Crippen LogP contribution in [0.25, 0.3) is 43.8 Å². The van der Waals surface area contributed by atoms with E-state index < -0.39 is 20.8 Å². The third-order valence-electron chi connectivity index (χ3n) is 8.57. The maximum absolute atomic E-state index is 4.93. The first-order valence-electron chi connectivity index (χ1n) is 18.3. The fraction of sp³-hybridized carbons (Fsp3) is 0.348. The van der Waals surface area contributed by atoms with Gasteiger partial charge in [0.25, 0.3) is 0 Å². The predicted molar refractivity (Wildman–Crippen MR) is 224 cm³/mol. The van der Waals surface area contributed by atoms with Gasteiger partial charge in [0, 0.05) is 9.52 Å². The van der Waals surface area contributed by atoms with E-state index in [2.05, 4.69) is 164 Å². The van der Waals surface area contributed by atoms with Crippen LogP contribution in [0.1, 0.15) is 76.6 Å². The van der Waals surface area contributed by atoms with Gasteiger partial charge in [-0.3, -0.25) is 0 Å². The second-order valence-corrected chi connectivity index (χ2v) is 18.7. The molecule has 0 spiro atoms. The summed E-state index contributed by atoms with van der Waals surface area (Å²) in [5.74, 6) is 1.35. The van der Waals surface area contributed by atoms with E-state index in [4.69, 9.17) is 17.0 Å². The number of rotatable bonds is 10. The van der Waals surface area contributed by atoms with Crippen LogP contribution in [0.5, 0.6) is 0 Å². The van der Waals surface area contributed by atoms with E-state index in [-0.39, 0.29) is 0 Å². The van der Waals surface area contributed by atoms with Gasteiger partial charge in [-0.05, 0) is 59.8 Å². The zero-order chi connectivity index (χ0) is 36.5. The van der Waals surface area contributed by atoms with E-state index in [9.17, 15) is 0 Å². The SMILES string of the molecule is CCCc1cc2c(-c3ccccc3CC(C)C)cccc2[cH-]1.CCCc1cc2c(-c3ccccc3CC(C)C)cccc2[cH-]1.C[Si]C.[Cl][Zr+2][Cl].